The van der Waals surface area contributed by atoms with E-state index in [0.29, 0.717) is 32.0 Å². The quantitative estimate of drug-likeness (QED) is 0.850. The number of carbonyl (C=O) groups excluding carboxylic acids is 1. The molecule has 2 saturated heterocycles. The zero-order valence-electron chi connectivity index (χ0n) is 13.1. The Morgan fingerprint density at radius 2 is 1.62 bits per heavy atom. The van der Waals surface area contributed by atoms with Crippen molar-refractivity contribution in [2.24, 2.45) is 5.92 Å². The van der Waals surface area contributed by atoms with Crippen LogP contribution in [0.25, 0.3) is 0 Å². The number of hydrogen-bond donors (Lipinski definition) is 1. The fourth-order valence-electron chi connectivity index (χ4n) is 3.47. The number of carboxylic acid groups (broad SMARTS) is 1. The zero-order valence-corrected chi connectivity index (χ0v) is 13.1. The van der Waals surface area contributed by atoms with Gasteiger partial charge in [0.15, 0.2) is 0 Å². The summed E-state index contributed by atoms with van der Waals surface area (Å²) in [5, 5.41) is 9.01. The molecule has 0 bridgehead atoms. The Hall–Kier alpha value is -1.30. The largest absolute Gasteiger partial charge is 0.481 e. The number of aliphatic carboxylic acids is 1. The van der Waals surface area contributed by atoms with Gasteiger partial charge in [-0.05, 0) is 32.4 Å². The maximum atomic E-state index is 12.5. The first-order valence-corrected chi connectivity index (χ1v) is 8.07. The van der Waals surface area contributed by atoms with Crippen molar-refractivity contribution in [3.63, 3.8) is 0 Å². The number of urea groups is 1. The first kappa shape index (κ1) is 16.1. The molecule has 6 nitrogen and oxygen atoms in total. The molecule has 2 aliphatic rings. The van der Waals surface area contributed by atoms with E-state index in [4.69, 9.17) is 5.11 Å². The van der Waals surface area contributed by atoms with Crippen LogP contribution < -0.4 is 0 Å². The number of carboxylic acids is 1. The molecule has 120 valence electrons. The van der Waals surface area contributed by atoms with Crippen molar-refractivity contribution < 1.29 is 14.7 Å². The predicted molar refractivity (Wildman–Crippen MR) is 80.2 cm³/mol. The van der Waals surface area contributed by atoms with E-state index in [1.165, 1.54) is 0 Å². The third kappa shape index (κ3) is 3.67. The molecule has 0 aliphatic carbocycles. The van der Waals surface area contributed by atoms with Crippen LogP contribution >= 0.6 is 0 Å². The molecule has 0 aromatic rings. The first-order chi connectivity index (χ1) is 10.1. The molecule has 6 heteroatoms. The number of carbonyl (C=O) groups is 2. The lowest BCUT2D eigenvalue weighted by Gasteiger charge is -2.33. The standard InChI is InChI=1S/C15H27N3O3/c1-3-16(4-2)13-7-10-18(11-13)15(21)17-8-5-12(6-9-17)14(19)20/h12-13H,3-11H2,1-2H3,(H,19,20). The molecular formula is C15H27N3O3. The van der Waals surface area contributed by atoms with E-state index < -0.39 is 5.97 Å². The topological polar surface area (TPSA) is 64.1 Å². The van der Waals surface area contributed by atoms with E-state index >= 15 is 0 Å². The van der Waals surface area contributed by atoms with E-state index in [1.54, 1.807) is 0 Å². The Morgan fingerprint density at radius 3 is 2.14 bits per heavy atom. The highest BCUT2D eigenvalue weighted by molar-refractivity contribution is 5.76. The Morgan fingerprint density at radius 1 is 1.05 bits per heavy atom. The van der Waals surface area contributed by atoms with Gasteiger partial charge in [-0.15, -0.1) is 0 Å². The van der Waals surface area contributed by atoms with Crippen molar-refractivity contribution in [2.75, 3.05) is 39.3 Å². The van der Waals surface area contributed by atoms with Gasteiger partial charge in [0.25, 0.3) is 0 Å². The third-order valence-corrected chi connectivity index (χ3v) is 4.88. The molecule has 0 aromatic carbocycles. The summed E-state index contributed by atoms with van der Waals surface area (Å²) in [6, 6.07) is 0.564. The molecule has 21 heavy (non-hydrogen) atoms. The molecule has 0 saturated carbocycles. The molecule has 0 radical (unpaired) electrons. The van der Waals surface area contributed by atoms with Crippen LogP contribution in [0.15, 0.2) is 0 Å². The van der Waals surface area contributed by atoms with Crippen LogP contribution in [0.4, 0.5) is 4.79 Å². The van der Waals surface area contributed by atoms with Gasteiger partial charge in [-0.1, -0.05) is 13.8 Å². The van der Waals surface area contributed by atoms with E-state index in [0.717, 1.165) is 32.6 Å². The fraction of sp³-hybridized carbons (Fsp3) is 0.867. The van der Waals surface area contributed by atoms with Crippen LogP contribution in [-0.2, 0) is 4.79 Å². The van der Waals surface area contributed by atoms with E-state index in [-0.39, 0.29) is 11.9 Å². The average molecular weight is 297 g/mol. The molecule has 0 spiro atoms. The Labute approximate surface area is 126 Å². The Kier molecular flexibility index (Phi) is 5.45. The second-order valence-corrected chi connectivity index (χ2v) is 5.99. The molecule has 1 atom stereocenters. The second kappa shape index (κ2) is 7.11. The van der Waals surface area contributed by atoms with Gasteiger partial charge in [-0.3, -0.25) is 9.69 Å². The van der Waals surface area contributed by atoms with Gasteiger partial charge in [0.1, 0.15) is 0 Å². The Bertz CT molecular complexity index is 376. The SMILES string of the molecule is CCN(CC)C1CCN(C(=O)N2CCC(C(=O)O)CC2)C1. The van der Waals surface area contributed by atoms with Crippen LogP contribution in [0.3, 0.4) is 0 Å². The van der Waals surface area contributed by atoms with Crippen molar-refractivity contribution in [1.29, 1.82) is 0 Å². The van der Waals surface area contributed by atoms with E-state index in [9.17, 15) is 9.59 Å². The number of likely N-dealkylation sites (N-methyl/N-ethyl adjacent to an activating group) is 1. The summed E-state index contributed by atoms with van der Waals surface area (Å²) in [7, 11) is 0. The minimum atomic E-state index is -0.732. The number of likely N-dealkylation sites (tertiary alicyclic amines) is 2. The highest BCUT2D eigenvalue weighted by Crippen LogP contribution is 2.21. The predicted octanol–water partition coefficient (Wildman–Crippen LogP) is 1.32. The summed E-state index contributed by atoms with van der Waals surface area (Å²) in [6.07, 6.45) is 2.20. The van der Waals surface area contributed by atoms with Crippen molar-refractivity contribution in [3.8, 4) is 0 Å². The van der Waals surface area contributed by atoms with Crippen LogP contribution in [-0.4, -0.2) is 77.1 Å². The number of amides is 2. The van der Waals surface area contributed by atoms with Gasteiger partial charge in [0.2, 0.25) is 0 Å². The highest BCUT2D eigenvalue weighted by Gasteiger charge is 2.34. The monoisotopic (exact) mass is 297 g/mol. The molecule has 2 amide bonds. The van der Waals surface area contributed by atoms with E-state index in [2.05, 4.69) is 18.7 Å². The molecule has 0 aromatic heterocycles. The number of hydrogen-bond acceptors (Lipinski definition) is 3. The Balaban J connectivity index is 1.84. The average Bonchev–Trinajstić information content (AvgIpc) is 2.97. The smallest absolute Gasteiger partial charge is 0.320 e. The molecule has 2 fully saturated rings. The molecule has 2 heterocycles. The van der Waals surface area contributed by atoms with Gasteiger partial charge >= 0.3 is 12.0 Å². The number of rotatable bonds is 4. The number of piperidine rings is 1. The fourth-order valence-corrected chi connectivity index (χ4v) is 3.47. The normalized spacial score (nSPS) is 23.9. The summed E-state index contributed by atoms with van der Waals surface area (Å²) < 4.78 is 0. The molecule has 1 unspecified atom stereocenters. The minimum Gasteiger partial charge on any atom is -0.481 e. The van der Waals surface area contributed by atoms with Gasteiger partial charge in [0.05, 0.1) is 5.92 Å². The van der Waals surface area contributed by atoms with Crippen molar-refractivity contribution in [1.82, 2.24) is 14.7 Å². The van der Waals surface area contributed by atoms with Gasteiger partial charge in [-0.2, -0.15) is 0 Å². The third-order valence-electron chi connectivity index (χ3n) is 4.88. The van der Waals surface area contributed by atoms with Gasteiger partial charge < -0.3 is 14.9 Å². The van der Waals surface area contributed by atoms with Crippen LogP contribution in [0.5, 0.6) is 0 Å². The summed E-state index contributed by atoms with van der Waals surface area (Å²) in [6.45, 7) is 9.12. The van der Waals surface area contributed by atoms with Gasteiger partial charge in [-0.25, -0.2) is 4.79 Å². The van der Waals surface area contributed by atoms with Crippen LogP contribution in [0, 0.1) is 5.92 Å². The van der Waals surface area contributed by atoms with Crippen molar-refractivity contribution in [2.45, 2.75) is 39.2 Å². The summed E-state index contributed by atoms with van der Waals surface area (Å²) in [4.78, 5) is 29.6. The lowest BCUT2D eigenvalue weighted by Crippen LogP contribution is -2.47. The molecule has 1 N–H and O–H groups in total. The maximum Gasteiger partial charge on any atom is 0.320 e. The lowest BCUT2D eigenvalue weighted by atomic mass is 9.97. The maximum absolute atomic E-state index is 12.5. The van der Waals surface area contributed by atoms with Gasteiger partial charge in [0, 0.05) is 32.2 Å². The second-order valence-electron chi connectivity index (χ2n) is 5.99. The zero-order chi connectivity index (χ0) is 15.4. The van der Waals surface area contributed by atoms with Crippen LogP contribution in [0.1, 0.15) is 33.1 Å². The summed E-state index contributed by atoms with van der Waals surface area (Å²) >= 11 is 0. The molecular weight excluding hydrogens is 270 g/mol. The molecule has 2 rings (SSSR count). The summed E-state index contributed by atoms with van der Waals surface area (Å²) in [5.41, 5.74) is 0. The van der Waals surface area contributed by atoms with Crippen molar-refractivity contribution >= 4 is 12.0 Å². The van der Waals surface area contributed by atoms with Crippen molar-refractivity contribution in [3.05, 3.63) is 0 Å². The lowest BCUT2D eigenvalue weighted by molar-refractivity contribution is -0.143. The summed E-state index contributed by atoms with van der Waals surface area (Å²) in [5.74, 6) is -1.01. The van der Waals surface area contributed by atoms with Crippen LogP contribution in [0.2, 0.25) is 0 Å². The minimum absolute atomic E-state index is 0.0912. The number of nitrogens with zero attached hydrogens (tertiary/aromatic N) is 3. The van der Waals surface area contributed by atoms with E-state index in [1.807, 2.05) is 9.80 Å². The molecule has 2 aliphatic heterocycles. The first-order valence-electron chi connectivity index (χ1n) is 8.07. The highest BCUT2D eigenvalue weighted by atomic mass is 16.4.